The van der Waals surface area contributed by atoms with Crippen LogP contribution in [-0.2, 0) is 10.0 Å². The zero-order valence-corrected chi connectivity index (χ0v) is 15.6. The number of anilines is 1. The van der Waals surface area contributed by atoms with E-state index in [9.17, 15) is 13.2 Å². The molecule has 0 radical (unpaired) electrons. The van der Waals surface area contributed by atoms with Gasteiger partial charge >= 0.3 is 0 Å². The maximum atomic E-state index is 12.5. The fourth-order valence-corrected chi connectivity index (χ4v) is 3.74. The molecule has 0 unspecified atom stereocenters. The van der Waals surface area contributed by atoms with Gasteiger partial charge in [0.05, 0.1) is 7.11 Å². The average molecular weight is 372 g/mol. The predicted molar refractivity (Wildman–Crippen MR) is 101 cm³/mol. The molecule has 2 N–H and O–H groups in total. The van der Waals surface area contributed by atoms with E-state index >= 15 is 0 Å². The molecule has 0 bridgehead atoms. The summed E-state index contributed by atoms with van der Waals surface area (Å²) in [5, 5.41) is 2.70. The Kier molecular flexibility index (Phi) is 6.03. The van der Waals surface area contributed by atoms with Gasteiger partial charge in [0, 0.05) is 22.9 Å². The first kappa shape index (κ1) is 19.5. The van der Waals surface area contributed by atoms with Crippen LogP contribution in [0.3, 0.4) is 0 Å². The minimum Gasteiger partial charge on any atom is -0.495 e. The summed E-state index contributed by atoms with van der Waals surface area (Å²) in [5.74, 6) is 2.19. The maximum Gasteiger partial charge on any atom is 0.255 e. The third-order valence-electron chi connectivity index (χ3n) is 3.39. The average Bonchev–Trinajstić information content (AvgIpc) is 2.60. The van der Waals surface area contributed by atoms with Crippen molar-refractivity contribution < 1.29 is 17.9 Å². The number of hydrogen-bond acceptors (Lipinski definition) is 4. The Morgan fingerprint density at radius 1 is 1.19 bits per heavy atom. The molecule has 26 heavy (non-hydrogen) atoms. The summed E-state index contributed by atoms with van der Waals surface area (Å²) >= 11 is 0. The Hall–Kier alpha value is -2.82. The first-order valence-electron chi connectivity index (χ1n) is 7.85. The molecule has 1 amide bonds. The minimum absolute atomic E-state index is 0.0984. The van der Waals surface area contributed by atoms with Crippen molar-refractivity contribution in [3.05, 3.63) is 53.6 Å². The number of benzene rings is 2. The van der Waals surface area contributed by atoms with Crippen LogP contribution in [0.5, 0.6) is 5.75 Å². The fourth-order valence-electron chi connectivity index (χ4n) is 2.29. The maximum absolute atomic E-state index is 12.5. The highest BCUT2D eigenvalue weighted by atomic mass is 32.2. The van der Waals surface area contributed by atoms with Gasteiger partial charge in [-0.25, -0.2) is 13.1 Å². The van der Waals surface area contributed by atoms with Crippen molar-refractivity contribution in [3.8, 4) is 18.1 Å². The lowest BCUT2D eigenvalue weighted by Gasteiger charge is -2.14. The van der Waals surface area contributed by atoms with Gasteiger partial charge in [0.2, 0.25) is 10.0 Å². The number of amides is 1. The van der Waals surface area contributed by atoms with E-state index in [-0.39, 0.29) is 22.3 Å². The van der Waals surface area contributed by atoms with E-state index in [4.69, 9.17) is 11.2 Å². The largest absolute Gasteiger partial charge is 0.495 e. The topological polar surface area (TPSA) is 84.5 Å². The van der Waals surface area contributed by atoms with Crippen LogP contribution in [0.1, 0.15) is 29.8 Å². The number of ether oxygens (including phenoxy) is 1. The van der Waals surface area contributed by atoms with Gasteiger partial charge in [-0.2, -0.15) is 0 Å². The van der Waals surface area contributed by atoms with Gasteiger partial charge in [-0.15, -0.1) is 6.42 Å². The summed E-state index contributed by atoms with van der Waals surface area (Å²) in [4.78, 5) is 12.4. The predicted octanol–water partition coefficient (Wildman–Crippen LogP) is 2.62. The van der Waals surface area contributed by atoms with Crippen molar-refractivity contribution in [1.29, 1.82) is 0 Å². The lowest BCUT2D eigenvalue weighted by molar-refractivity contribution is 0.102. The second kappa shape index (κ2) is 8.04. The van der Waals surface area contributed by atoms with Crippen LogP contribution in [0.2, 0.25) is 0 Å². The molecule has 0 aromatic heterocycles. The molecular weight excluding hydrogens is 352 g/mol. The molecule has 6 nitrogen and oxygen atoms in total. The first-order chi connectivity index (χ1) is 12.3. The Bertz CT molecular complexity index is 960. The molecule has 0 aliphatic heterocycles. The molecule has 0 heterocycles. The van der Waals surface area contributed by atoms with Crippen molar-refractivity contribution in [3.63, 3.8) is 0 Å². The van der Waals surface area contributed by atoms with Crippen molar-refractivity contribution >= 4 is 21.6 Å². The van der Waals surface area contributed by atoms with Gasteiger partial charge in [-0.1, -0.05) is 12.0 Å². The van der Waals surface area contributed by atoms with Crippen molar-refractivity contribution in [2.24, 2.45) is 0 Å². The summed E-state index contributed by atoms with van der Waals surface area (Å²) in [6, 6.07) is 10.7. The van der Waals surface area contributed by atoms with E-state index in [2.05, 4.69) is 16.0 Å². The molecular formula is C19H20N2O4S. The van der Waals surface area contributed by atoms with E-state index < -0.39 is 15.9 Å². The van der Waals surface area contributed by atoms with Crippen LogP contribution in [0.4, 0.5) is 5.69 Å². The molecule has 0 fully saturated rings. The molecule has 2 rings (SSSR count). The zero-order chi connectivity index (χ0) is 19.3. The monoisotopic (exact) mass is 372 g/mol. The molecule has 0 aliphatic rings. The molecule has 0 saturated heterocycles. The van der Waals surface area contributed by atoms with Crippen LogP contribution >= 0.6 is 0 Å². The summed E-state index contributed by atoms with van der Waals surface area (Å²) in [7, 11) is -2.45. The highest BCUT2D eigenvalue weighted by Crippen LogP contribution is 2.25. The van der Waals surface area contributed by atoms with E-state index in [1.165, 1.54) is 25.3 Å². The van der Waals surface area contributed by atoms with E-state index in [0.29, 0.717) is 11.3 Å². The van der Waals surface area contributed by atoms with Crippen LogP contribution in [0, 0.1) is 12.3 Å². The quantitative estimate of drug-likeness (QED) is 0.764. The third kappa shape index (κ3) is 4.63. The Morgan fingerprint density at radius 2 is 1.92 bits per heavy atom. The fraction of sp³-hybridized carbons (Fsp3) is 0.211. The second-order valence-corrected chi connectivity index (χ2v) is 7.50. The van der Waals surface area contributed by atoms with Gasteiger partial charge in [-0.05, 0) is 50.2 Å². The molecule has 2 aromatic rings. The molecule has 136 valence electrons. The Balaban J connectivity index is 2.37. The van der Waals surface area contributed by atoms with Gasteiger partial charge in [0.15, 0.2) is 0 Å². The van der Waals surface area contributed by atoms with E-state index in [0.717, 1.165) is 0 Å². The Labute approximate surface area is 153 Å². The first-order valence-corrected chi connectivity index (χ1v) is 9.33. The highest BCUT2D eigenvalue weighted by Gasteiger charge is 2.22. The number of methoxy groups -OCH3 is 1. The summed E-state index contributed by atoms with van der Waals surface area (Å²) < 4.78 is 32.6. The summed E-state index contributed by atoms with van der Waals surface area (Å²) in [6.45, 7) is 3.41. The normalized spacial score (nSPS) is 11.0. The third-order valence-corrected chi connectivity index (χ3v) is 5.07. The number of nitrogens with one attached hydrogen (secondary N) is 2. The highest BCUT2D eigenvalue weighted by molar-refractivity contribution is 7.89. The van der Waals surface area contributed by atoms with Gasteiger partial charge in [0.25, 0.3) is 5.91 Å². The lowest BCUT2D eigenvalue weighted by Crippen LogP contribution is -2.30. The van der Waals surface area contributed by atoms with E-state index in [1.54, 1.807) is 38.1 Å². The lowest BCUT2D eigenvalue weighted by atomic mass is 10.1. The molecule has 0 atom stereocenters. The Morgan fingerprint density at radius 3 is 2.54 bits per heavy atom. The molecule has 0 spiro atoms. The number of rotatable bonds is 6. The second-order valence-electron chi connectivity index (χ2n) is 5.82. The van der Waals surface area contributed by atoms with Crippen LogP contribution in [-0.4, -0.2) is 27.5 Å². The molecule has 2 aromatic carbocycles. The number of sulfonamides is 1. The van der Waals surface area contributed by atoms with Crippen molar-refractivity contribution in [2.45, 2.75) is 24.8 Å². The number of carbonyl (C=O) groups is 1. The molecule has 0 aliphatic carbocycles. The van der Waals surface area contributed by atoms with Crippen LogP contribution < -0.4 is 14.8 Å². The van der Waals surface area contributed by atoms with E-state index in [1.807, 2.05) is 0 Å². The number of hydrogen-bond donors (Lipinski definition) is 2. The zero-order valence-electron chi connectivity index (χ0n) is 14.7. The SMILES string of the molecule is C#Cc1cccc(NC(=O)c2ccc(OC)c(S(=O)(=O)NC(C)C)c2)c1. The number of carbonyl (C=O) groups excluding carboxylic acids is 1. The van der Waals surface area contributed by atoms with Crippen LogP contribution in [0.15, 0.2) is 47.4 Å². The van der Waals surface area contributed by atoms with Gasteiger partial charge < -0.3 is 10.1 Å². The minimum atomic E-state index is -3.82. The van der Waals surface area contributed by atoms with Gasteiger partial charge in [-0.3, -0.25) is 4.79 Å². The van der Waals surface area contributed by atoms with Gasteiger partial charge in [0.1, 0.15) is 10.6 Å². The van der Waals surface area contributed by atoms with Crippen LogP contribution in [0.25, 0.3) is 0 Å². The van der Waals surface area contributed by atoms with Crippen molar-refractivity contribution in [1.82, 2.24) is 4.72 Å². The number of terminal acetylenes is 1. The smallest absolute Gasteiger partial charge is 0.255 e. The standard InChI is InChI=1S/C19H20N2O4S/c1-5-14-7-6-8-16(11-14)20-19(22)15-9-10-17(25-4)18(12-15)26(23,24)21-13(2)3/h1,6-13,21H,2-4H3,(H,20,22). The molecule has 0 saturated carbocycles. The summed E-state index contributed by atoms with van der Waals surface area (Å²) in [5.41, 5.74) is 1.33. The van der Waals surface area contributed by atoms with Crippen molar-refractivity contribution in [2.75, 3.05) is 12.4 Å². The molecule has 7 heteroatoms. The summed E-state index contributed by atoms with van der Waals surface area (Å²) in [6.07, 6.45) is 5.35.